The van der Waals surface area contributed by atoms with Gasteiger partial charge in [-0.3, -0.25) is 4.72 Å². The third kappa shape index (κ3) is 3.64. The van der Waals surface area contributed by atoms with E-state index in [0.29, 0.717) is 3.57 Å². The quantitative estimate of drug-likeness (QED) is 0.511. The first kappa shape index (κ1) is 16.4. The summed E-state index contributed by atoms with van der Waals surface area (Å²) in [7, 11) is -4.17. The topological polar surface area (TPSA) is 72.2 Å². The zero-order chi connectivity index (χ0) is 15.8. The van der Waals surface area contributed by atoms with Crippen LogP contribution in [0, 0.1) is 15.2 Å². The van der Waals surface area contributed by atoms with Crippen LogP contribution in [0.2, 0.25) is 0 Å². The highest BCUT2D eigenvalue weighted by atomic mass is 127. The van der Waals surface area contributed by atoms with Crippen LogP contribution in [-0.2, 0) is 10.0 Å². The maximum atomic E-state index is 13.8. The van der Waals surface area contributed by atoms with Crippen LogP contribution in [0.15, 0.2) is 39.7 Å². The van der Waals surface area contributed by atoms with Gasteiger partial charge in [0.25, 0.3) is 10.0 Å². The minimum absolute atomic E-state index is 0.0885. The Morgan fingerprint density at radius 1 is 1.19 bits per heavy atom. The molecule has 0 fully saturated rings. The van der Waals surface area contributed by atoms with Gasteiger partial charge in [0.2, 0.25) is 0 Å². The molecule has 3 N–H and O–H groups in total. The highest BCUT2D eigenvalue weighted by Gasteiger charge is 2.21. The van der Waals surface area contributed by atoms with Crippen LogP contribution in [0.25, 0.3) is 0 Å². The standard InChI is InChI=1S/C12H8BrF2IN2O2S/c13-7-4-8(15)12(5-10(7)17)21(19,20)18-11-2-1-6(14)3-9(11)16/h1-5,18H,17H2. The molecule has 2 rings (SSSR count). The van der Waals surface area contributed by atoms with Crippen molar-refractivity contribution in [1.29, 1.82) is 0 Å². The molecule has 2 aromatic rings. The lowest BCUT2D eigenvalue weighted by Gasteiger charge is -2.11. The van der Waals surface area contributed by atoms with Gasteiger partial charge in [-0.05, 0) is 68.9 Å². The van der Waals surface area contributed by atoms with E-state index in [1.807, 2.05) is 0 Å². The van der Waals surface area contributed by atoms with Gasteiger partial charge in [-0.1, -0.05) is 0 Å². The van der Waals surface area contributed by atoms with E-state index in [1.165, 1.54) is 6.07 Å². The van der Waals surface area contributed by atoms with Gasteiger partial charge in [-0.25, -0.2) is 17.2 Å². The largest absolute Gasteiger partial charge is 0.398 e. The number of rotatable bonds is 3. The Morgan fingerprint density at radius 3 is 2.48 bits per heavy atom. The van der Waals surface area contributed by atoms with Crippen molar-refractivity contribution < 1.29 is 17.2 Å². The van der Waals surface area contributed by atoms with Crippen molar-refractivity contribution in [1.82, 2.24) is 0 Å². The van der Waals surface area contributed by atoms with E-state index < -0.39 is 26.6 Å². The monoisotopic (exact) mass is 488 g/mol. The Kier molecular flexibility index (Phi) is 4.73. The molecule has 0 amide bonds. The van der Waals surface area contributed by atoms with Crippen molar-refractivity contribution in [2.75, 3.05) is 10.5 Å². The number of halogens is 4. The van der Waals surface area contributed by atoms with Gasteiger partial charge in [0.15, 0.2) is 0 Å². The number of nitrogens with one attached hydrogen (secondary N) is 1. The van der Waals surface area contributed by atoms with Gasteiger partial charge in [-0.2, -0.15) is 0 Å². The van der Waals surface area contributed by atoms with E-state index in [2.05, 4.69) is 20.7 Å². The van der Waals surface area contributed by atoms with Crippen LogP contribution in [0.5, 0.6) is 0 Å². The molecule has 4 nitrogen and oxygen atoms in total. The van der Waals surface area contributed by atoms with Gasteiger partial charge in [0, 0.05) is 13.7 Å². The third-order valence-corrected chi connectivity index (χ3v) is 5.48. The van der Waals surface area contributed by atoms with Crippen molar-refractivity contribution in [2.45, 2.75) is 4.90 Å². The van der Waals surface area contributed by atoms with Crippen LogP contribution in [0.3, 0.4) is 0 Å². The average molecular weight is 489 g/mol. The predicted molar refractivity (Wildman–Crippen MR) is 88.4 cm³/mol. The second-order valence-corrected chi connectivity index (χ2v) is 7.70. The third-order valence-electron chi connectivity index (χ3n) is 2.52. The smallest absolute Gasteiger partial charge is 0.264 e. The number of nitrogens with two attached hydrogens (primary N) is 1. The summed E-state index contributed by atoms with van der Waals surface area (Å²) in [6, 6.07) is 5.50. The summed E-state index contributed by atoms with van der Waals surface area (Å²) < 4.78 is 54.0. The second-order valence-electron chi connectivity index (χ2n) is 4.03. The molecule has 21 heavy (non-hydrogen) atoms. The maximum absolute atomic E-state index is 13.8. The van der Waals surface area contributed by atoms with Gasteiger partial charge < -0.3 is 5.73 Å². The fraction of sp³-hybridized carbons (Fsp3) is 0. The van der Waals surface area contributed by atoms with Crippen molar-refractivity contribution in [2.24, 2.45) is 0 Å². The molecule has 0 aliphatic rings. The van der Waals surface area contributed by atoms with E-state index in [9.17, 15) is 17.2 Å². The number of sulfonamides is 1. The predicted octanol–water partition coefficient (Wildman–Crippen LogP) is 3.71. The number of hydrogen-bond donors (Lipinski definition) is 2. The first-order chi connectivity index (χ1) is 9.70. The summed E-state index contributed by atoms with van der Waals surface area (Å²) in [6.45, 7) is 0. The molecular weight excluding hydrogens is 481 g/mol. The molecule has 0 saturated heterocycles. The molecular formula is C12H8BrF2IN2O2S. The summed E-state index contributed by atoms with van der Waals surface area (Å²) in [5.74, 6) is -1.44. The summed E-state index contributed by atoms with van der Waals surface area (Å²) in [5.41, 5.74) is 5.81. The first-order valence-corrected chi connectivity index (χ1v) is 8.78. The summed E-state index contributed by atoms with van der Waals surface area (Å²) in [6.07, 6.45) is 0. The minimum Gasteiger partial charge on any atom is -0.398 e. The summed E-state index contributed by atoms with van der Waals surface area (Å²) in [4.78, 5) is -0.580. The van der Waals surface area contributed by atoms with Crippen molar-refractivity contribution in [3.05, 3.63) is 50.0 Å². The number of benzene rings is 2. The van der Waals surface area contributed by atoms with Gasteiger partial charge in [0.05, 0.1) is 5.69 Å². The average Bonchev–Trinajstić information content (AvgIpc) is 2.37. The molecule has 0 aromatic heterocycles. The normalized spacial score (nSPS) is 11.4. The van der Waals surface area contributed by atoms with Crippen LogP contribution >= 0.6 is 38.5 Å². The Balaban J connectivity index is 2.46. The molecule has 0 unspecified atom stereocenters. The second kappa shape index (κ2) is 6.05. The van der Waals surface area contributed by atoms with Gasteiger partial charge in [-0.15, -0.1) is 0 Å². The molecule has 0 atom stereocenters. The molecule has 0 heterocycles. The molecule has 0 spiro atoms. The Labute approximate surface area is 142 Å². The molecule has 0 saturated carbocycles. The molecule has 0 radical (unpaired) electrons. The highest BCUT2D eigenvalue weighted by molar-refractivity contribution is 14.1. The van der Waals surface area contributed by atoms with Crippen molar-refractivity contribution >= 4 is 59.9 Å². The van der Waals surface area contributed by atoms with Gasteiger partial charge in [0.1, 0.15) is 16.5 Å². The Hall–Kier alpha value is -0.940. The molecule has 0 bridgehead atoms. The number of nitrogen functional groups attached to an aromatic ring is 1. The van der Waals surface area contributed by atoms with E-state index >= 15 is 0 Å². The summed E-state index contributed by atoms with van der Waals surface area (Å²) >= 11 is 4.78. The van der Waals surface area contributed by atoms with E-state index in [4.69, 9.17) is 5.73 Å². The number of hydrogen-bond acceptors (Lipinski definition) is 3. The zero-order valence-electron chi connectivity index (χ0n) is 10.2. The lowest BCUT2D eigenvalue weighted by atomic mass is 10.3. The molecule has 0 aliphatic heterocycles. The van der Waals surface area contributed by atoms with Crippen molar-refractivity contribution in [3.8, 4) is 0 Å². The molecule has 2 aromatic carbocycles. The SMILES string of the molecule is Nc1cc(S(=O)(=O)Nc2ccc(F)cc2I)c(F)cc1Br. The zero-order valence-corrected chi connectivity index (χ0v) is 14.8. The van der Waals surface area contributed by atoms with E-state index in [-0.39, 0.29) is 15.8 Å². The van der Waals surface area contributed by atoms with Crippen LogP contribution in [0.1, 0.15) is 0 Å². The Bertz CT molecular complexity index is 815. The van der Waals surface area contributed by atoms with Crippen LogP contribution in [0.4, 0.5) is 20.2 Å². The summed E-state index contributed by atoms with van der Waals surface area (Å²) in [5, 5.41) is 0. The van der Waals surface area contributed by atoms with Crippen LogP contribution in [-0.4, -0.2) is 8.42 Å². The van der Waals surface area contributed by atoms with Gasteiger partial charge >= 0.3 is 0 Å². The lowest BCUT2D eigenvalue weighted by molar-refractivity contribution is 0.570. The molecule has 9 heteroatoms. The molecule has 112 valence electrons. The minimum atomic E-state index is -4.17. The van der Waals surface area contributed by atoms with Crippen molar-refractivity contribution in [3.63, 3.8) is 0 Å². The first-order valence-electron chi connectivity index (χ1n) is 5.43. The number of anilines is 2. The van der Waals surface area contributed by atoms with Crippen LogP contribution < -0.4 is 10.5 Å². The van der Waals surface area contributed by atoms with E-state index in [0.717, 1.165) is 24.3 Å². The maximum Gasteiger partial charge on any atom is 0.264 e. The lowest BCUT2D eigenvalue weighted by Crippen LogP contribution is -2.16. The Morgan fingerprint density at radius 2 is 1.86 bits per heavy atom. The fourth-order valence-corrected chi connectivity index (χ4v) is 3.81. The van der Waals surface area contributed by atoms with E-state index in [1.54, 1.807) is 22.6 Å². The fourth-order valence-electron chi connectivity index (χ4n) is 1.52. The highest BCUT2D eigenvalue weighted by Crippen LogP contribution is 2.28. The molecule has 0 aliphatic carbocycles.